The fraction of sp³-hybridized carbons (Fsp3) is 0.125. The van der Waals surface area contributed by atoms with Crippen LogP contribution in [0, 0.1) is 0 Å². The summed E-state index contributed by atoms with van der Waals surface area (Å²) in [5.74, 6) is 1.92. The molecule has 53 heavy (non-hydrogen) atoms. The maximum atomic E-state index is 16.5. The third kappa shape index (κ3) is 5.24. The maximum absolute atomic E-state index is 16.5. The van der Waals surface area contributed by atoms with Crippen LogP contribution in [-0.4, -0.2) is 14.5 Å². The van der Waals surface area contributed by atoms with Gasteiger partial charge in [0.2, 0.25) is 0 Å². The van der Waals surface area contributed by atoms with Crippen LogP contribution in [0.2, 0.25) is 0 Å². The molecule has 0 radical (unpaired) electrons. The predicted molar refractivity (Wildman–Crippen MR) is 219 cm³/mol. The highest BCUT2D eigenvalue weighted by Gasteiger charge is 2.40. The van der Waals surface area contributed by atoms with Crippen molar-refractivity contribution >= 4 is 34.0 Å². The van der Waals surface area contributed by atoms with Gasteiger partial charge in [0.1, 0.15) is 5.82 Å². The molecular weight excluding hydrogens is 666 g/mol. The SMILES string of the molecule is O=P1(c2cccc(C3CCCCC3)c2)c2ccccc2-c2c(n(-c3cc(-c4ccccc4)nc(-c4ccccc4)n3)c3ccccc23)-c2ccccc21. The number of hydrogen-bond donors (Lipinski definition) is 0. The van der Waals surface area contributed by atoms with E-state index in [-0.39, 0.29) is 0 Å². The molecule has 1 unspecified atom stereocenters. The summed E-state index contributed by atoms with van der Waals surface area (Å²) in [6, 6.07) is 56.7. The average Bonchev–Trinajstić information content (AvgIpc) is 3.55. The lowest BCUT2D eigenvalue weighted by Crippen LogP contribution is -2.27. The number of nitrogens with zero attached hydrogens (tertiary/aromatic N) is 3. The summed E-state index contributed by atoms with van der Waals surface area (Å²) in [6.07, 6.45) is 6.20. The van der Waals surface area contributed by atoms with E-state index in [1.807, 2.05) is 48.5 Å². The first-order valence-electron chi connectivity index (χ1n) is 18.7. The van der Waals surface area contributed by atoms with Gasteiger partial charge in [-0.15, -0.1) is 0 Å². The smallest absolute Gasteiger partial charge is 0.172 e. The van der Waals surface area contributed by atoms with Crippen LogP contribution in [0.25, 0.3) is 61.8 Å². The number of hydrogen-bond acceptors (Lipinski definition) is 3. The molecule has 8 aromatic rings. The molecular formula is C48H38N3OP. The molecule has 0 spiro atoms. The average molecular weight is 704 g/mol. The highest BCUT2D eigenvalue weighted by Crippen LogP contribution is 2.54. The van der Waals surface area contributed by atoms with Gasteiger partial charge in [0.05, 0.1) is 16.9 Å². The molecule has 0 bridgehead atoms. The van der Waals surface area contributed by atoms with E-state index in [4.69, 9.17) is 9.97 Å². The van der Waals surface area contributed by atoms with Crippen molar-refractivity contribution in [3.05, 3.63) is 169 Å². The van der Waals surface area contributed by atoms with E-state index in [9.17, 15) is 0 Å². The van der Waals surface area contributed by atoms with Crippen LogP contribution in [0.15, 0.2) is 164 Å². The monoisotopic (exact) mass is 703 g/mol. The summed E-state index contributed by atoms with van der Waals surface area (Å²) < 4.78 is 18.8. The lowest BCUT2D eigenvalue weighted by molar-refractivity contribution is 0.444. The number of rotatable bonds is 5. The van der Waals surface area contributed by atoms with E-state index in [0.29, 0.717) is 11.7 Å². The van der Waals surface area contributed by atoms with Crippen molar-refractivity contribution in [3.8, 4) is 50.8 Å². The first-order chi connectivity index (χ1) is 26.2. The van der Waals surface area contributed by atoms with Crippen molar-refractivity contribution in [2.45, 2.75) is 38.0 Å². The molecule has 256 valence electrons. The van der Waals surface area contributed by atoms with Gasteiger partial charge in [0.15, 0.2) is 13.0 Å². The summed E-state index contributed by atoms with van der Waals surface area (Å²) in [5, 5.41) is 3.74. The summed E-state index contributed by atoms with van der Waals surface area (Å²) in [6.45, 7) is 0. The molecule has 1 aliphatic heterocycles. The Bertz CT molecular complexity index is 2630. The molecule has 2 aromatic heterocycles. The Morgan fingerprint density at radius 1 is 0.566 bits per heavy atom. The first kappa shape index (κ1) is 31.9. The van der Waals surface area contributed by atoms with Gasteiger partial charge >= 0.3 is 0 Å². The molecule has 10 rings (SSSR count). The Morgan fingerprint density at radius 2 is 1.21 bits per heavy atom. The quantitative estimate of drug-likeness (QED) is 0.168. The minimum absolute atomic E-state index is 0.508. The van der Waals surface area contributed by atoms with Crippen molar-refractivity contribution in [2.75, 3.05) is 0 Å². The lowest BCUT2D eigenvalue weighted by atomic mass is 9.84. The molecule has 0 N–H and O–H groups in total. The molecule has 0 amide bonds. The lowest BCUT2D eigenvalue weighted by Gasteiger charge is -2.26. The van der Waals surface area contributed by atoms with Crippen LogP contribution in [0.3, 0.4) is 0 Å². The largest absolute Gasteiger partial charge is 0.309 e. The molecule has 3 heterocycles. The standard InChI is InChI=1S/C48H38N3OP/c52-53(37-24-16-23-36(31-37)33-17-4-1-5-18-33)43-29-14-11-26-39(43)46-38-25-10-13-28-42(38)51(47(46)40-27-12-15-30-44(40)53)45-32-41(34-19-6-2-7-20-34)49-48(50-45)35-21-8-3-9-22-35/h2-3,6-16,19-33H,1,4-5,17-18H2. The Balaban J connectivity index is 1.29. The van der Waals surface area contributed by atoms with Gasteiger partial charge in [0.25, 0.3) is 0 Å². The zero-order chi connectivity index (χ0) is 35.4. The predicted octanol–water partition coefficient (Wildman–Crippen LogP) is 11.1. The summed E-state index contributed by atoms with van der Waals surface area (Å²) >= 11 is 0. The number of fused-ring (bicyclic) bond motifs is 7. The highest BCUT2D eigenvalue weighted by atomic mass is 31.2. The van der Waals surface area contributed by atoms with E-state index in [0.717, 1.165) is 71.8 Å². The van der Waals surface area contributed by atoms with Gasteiger partial charge in [-0.1, -0.05) is 165 Å². The topological polar surface area (TPSA) is 47.8 Å². The number of aromatic nitrogens is 3. The molecule has 5 heteroatoms. The zero-order valence-corrected chi connectivity index (χ0v) is 30.3. The van der Waals surface area contributed by atoms with E-state index < -0.39 is 7.14 Å². The highest BCUT2D eigenvalue weighted by molar-refractivity contribution is 7.85. The van der Waals surface area contributed by atoms with Crippen molar-refractivity contribution in [2.24, 2.45) is 0 Å². The van der Waals surface area contributed by atoms with Crippen LogP contribution in [-0.2, 0) is 4.57 Å². The number of para-hydroxylation sites is 1. The van der Waals surface area contributed by atoms with E-state index in [2.05, 4.69) is 120 Å². The molecule has 6 aromatic carbocycles. The van der Waals surface area contributed by atoms with Crippen LogP contribution in [0.5, 0.6) is 0 Å². The van der Waals surface area contributed by atoms with E-state index in [1.54, 1.807) is 0 Å². The molecule has 1 aliphatic carbocycles. The van der Waals surface area contributed by atoms with E-state index >= 15 is 4.57 Å². The zero-order valence-electron chi connectivity index (χ0n) is 29.4. The van der Waals surface area contributed by atoms with Gasteiger partial charge < -0.3 is 4.57 Å². The minimum atomic E-state index is -3.37. The van der Waals surface area contributed by atoms with Crippen LogP contribution < -0.4 is 15.9 Å². The van der Waals surface area contributed by atoms with E-state index in [1.165, 1.54) is 37.7 Å². The third-order valence-electron chi connectivity index (χ3n) is 11.2. The first-order valence-corrected chi connectivity index (χ1v) is 20.4. The van der Waals surface area contributed by atoms with Crippen molar-refractivity contribution < 1.29 is 4.57 Å². The Hall–Kier alpha value is -5.83. The molecule has 1 saturated carbocycles. The molecule has 4 nitrogen and oxygen atoms in total. The molecule has 1 fully saturated rings. The second kappa shape index (κ2) is 13.0. The number of benzene rings is 6. The summed E-state index contributed by atoms with van der Waals surface area (Å²) in [5.41, 5.74) is 9.18. The third-order valence-corrected chi connectivity index (χ3v) is 14.4. The Morgan fingerprint density at radius 3 is 1.98 bits per heavy atom. The molecule has 0 saturated heterocycles. The second-order valence-corrected chi connectivity index (χ2v) is 17.0. The Kier molecular flexibility index (Phi) is 7.81. The maximum Gasteiger partial charge on any atom is 0.172 e. The van der Waals surface area contributed by atoms with Crippen LogP contribution in [0.1, 0.15) is 43.6 Å². The van der Waals surface area contributed by atoms with Gasteiger partial charge in [0, 0.05) is 49.6 Å². The molecule has 2 aliphatic rings. The minimum Gasteiger partial charge on any atom is -0.309 e. The van der Waals surface area contributed by atoms with Crippen molar-refractivity contribution in [1.29, 1.82) is 0 Å². The molecule has 1 atom stereocenters. The summed E-state index contributed by atoms with van der Waals surface area (Å²) in [4.78, 5) is 10.4. The van der Waals surface area contributed by atoms with Crippen LogP contribution >= 0.6 is 7.14 Å². The van der Waals surface area contributed by atoms with Crippen molar-refractivity contribution in [1.82, 2.24) is 14.5 Å². The fourth-order valence-corrected chi connectivity index (χ4v) is 11.8. The van der Waals surface area contributed by atoms with Crippen molar-refractivity contribution in [3.63, 3.8) is 0 Å². The fourth-order valence-electron chi connectivity index (χ4n) is 8.75. The normalized spacial score (nSPS) is 16.8. The van der Waals surface area contributed by atoms with Gasteiger partial charge in [-0.3, -0.25) is 4.57 Å². The van der Waals surface area contributed by atoms with Crippen LogP contribution in [0.4, 0.5) is 0 Å². The second-order valence-electron chi connectivity index (χ2n) is 14.3. The Labute approximate surface area is 310 Å². The van der Waals surface area contributed by atoms with Gasteiger partial charge in [-0.05, 0) is 42.0 Å². The van der Waals surface area contributed by atoms with Gasteiger partial charge in [-0.25, -0.2) is 9.97 Å². The summed E-state index contributed by atoms with van der Waals surface area (Å²) in [7, 11) is -3.37. The van der Waals surface area contributed by atoms with Gasteiger partial charge in [-0.2, -0.15) is 0 Å².